The third kappa shape index (κ3) is 6.21. The van der Waals surface area contributed by atoms with Gasteiger partial charge in [0.05, 0.1) is 11.9 Å². The molecule has 2 heterocycles. The van der Waals surface area contributed by atoms with Crippen LogP contribution >= 0.6 is 0 Å². The van der Waals surface area contributed by atoms with Crippen LogP contribution in [0.5, 0.6) is 0 Å². The molecule has 0 spiro atoms. The van der Waals surface area contributed by atoms with Crippen LogP contribution in [0.15, 0.2) is 104 Å². The predicted octanol–water partition coefficient (Wildman–Crippen LogP) is 6.28. The molecule has 5 rings (SSSR count). The van der Waals surface area contributed by atoms with Gasteiger partial charge in [-0.15, -0.1) is 0 Å². The minimum Gasteiger partial charge on any atom is -0.367 e. The average molecular weight is 502 g/mol. The molecule has 0 fully saturated rings. The fraction of sp³-hybridized carbons (Fsp3) is 0.188. The number of hydrogen-bond acceptors (Lipinski definition) is 5. The molecule has 0 aliphatic rings. The first-order chi connectivity index (χ1) is 18.5. The summed E-state index contributed by atoms with van der Waals surface area (Å²) >= 11 is 0. The molecule has 0 bridgehead atoms. The number of nitrogens with zero attached hydrogens (tertiary/aromatic N) is 4. The lowest BCUT2D eigenvalue weighted by molar-refractivity contribution is -0.131. The van der Waals surface area contributed by atoms with Gasteiger partial charge >= 0.3 is 0 Å². The van der Waals surface area contributed by atoms with E-state index in [9.17, 15) is 4.79 Å². The van der Waals surface area contributed by atoms with Gasteiger partial charge in [0, 0.05) is 36.4 Å². The molecule has 0 radical (unpaired) electrons. The Labute approximate surface area is 223 Å². The molecule has 2 aromatic heterocycles. The molecule has 0 saturated carbocycles. The summed E-state index contributed by atoms with van der Waals surface area (Å²) in [6, 6.07) is 30.7. The number of benzene rings is 3. The molecule has 0 aliphatic carbocycles. The highest BCUT2D eigenvalue weighted by atomic mass is 16.2. The first-order valence-corrected chi connectivity index (χ1v) is 12.9. The molecule has 1 amide bonds. The van der Waals surface area contributed by atoms with Crippen molar-refractivity contribution in [3.8, 4) is 11.1 Å². The molecular weight excluding hydrogens is 470 g/mol. The van der Waals surface area contributed by atoms with Crippen LogP contribution in [0.3, 0.4) is 0 Å². The molecule has 6 heteroatoms. The maximum Gasteiger partial charge on any atom is 0.229 e. The zero-order valence-electron chi connectivity index (χ0n) is 21.7. The molecule has 0 unspecified atom stereocenters. The van der Waals surface area contributed by atoms with Gasteiger partial charge in [-0.25, -0.2) is 9.97 Å². The minimum atomic E-state index is 0.0465. The second-order valence-electron chi connectivity index (χ2n) is 9.69. The van der Waals surface area contributed by atoms with Gasteiger partial charge in [0.15, 0.2) is 0 Å². The molecule has 0 saturated heterocycles. The van der Waals surface area contributed by atoms with E-state index in [-0.39, 0.29) is 18.4 Å². The molecule has 1 N–H and O–H groups in total. The Morgan fingerprint density at radius 3 is 2.34 bits per heavy atom. The van der Waals surface area contributed by atoms with Crippen molar-refractivity contribution in [3.05, 3.63) is 120 Å². The van der Waals surface area contributed by atoms with Crippen molar-refractivity contribution in [1.82, 2.24) is 19.9 Å². The fourth-order valence-corrected chi connectivity index (χ4v) is 4.50. The van der Waals surface area contributed by atoms with Crippen LogP contribution < -0.4 is 5.32 Å². The van der Waals surface area contributed by atoms with Gasteiger partial charge < -0.3 is 10.2 Å². The summed E-state index contributed by atoms with van der Waals surface area (Å²) < 4.78 is 0. The first kappa shape index (κ1) is 25.1. The normalized spacial score (nSPS) is 11.0. The van der Waals surface area contributed by atoms with Gasteiger partial charge in [-0.1, -0.05) is 60.7 Å². The maximum atomic E-state index is 13.4. The SMILES string of the molecule is CC(C)Nc1ncnc2ccc(-c3cccc(CN(Cc4ccccc4)C(=O)Cc4ccccn4)c3)cc12. The molecule has 6 nitrogen and oxygen atoms in total. The molecule has 0 atom stereocenters. The summed E-state index contributed by atoms with van der Waals surface area (Å²) in [5.74, 6) is 0.877. The van der Waals surface area contributed by atoms with Crippen molar-refractivity contribution < 1.29 is 4.79 Å². The van der Waals surface area contributed by atoms with Crippen LogP contribution in [0.1, 0.15) is 30.7 Å². The Morgan fingerprint density at radius 1 is 0.789 bits per heavy atom. The number of carbonyl (C=O) groups is 1. The average Bonchev–Trinajstić information content (AvgIpc) is 2.94. The largest absolute Gasteiger partial charge is 0.367 e. The van der Waals surface area contributed by atoms with E-state index in [0.29, 0.717) is 13.1 Å². The number of rotatable bonds is 9. The van der Waals surface area contributed by atoms with Crippen molar-refractivity contribution in [2.75, 3.05) is 5.32 Å². The van der Waals surface area contributed by atoms with Crippen molar-refractivity contribution in [1.29, 1.82) is 0 Å². The highest BCUT2D eigenvalue weighted by Crippen LogP contribution is 2.28. The zero-order chi connectivity index (χ0) is 26.3. The Hall–Kier alpha value is -4.58. The maximum absolute atomic E-state index is 13.4. The van der Waals surface area contributed by atoms with Crippen LogP contribution in [0, 0.1) is 0 Å². The quantitative estimate of drug-likeness (QED) is 0.257. The Kier molecular flexibility index (Phi) is 7.69. The van der Waals surface area contributed by atoms with Crippen LogP contribution in [-0.2, 0) is 24.3 Å². The van der Waals surface area contributed by atoms with Crippen LogP contribution in [-0.4, -0.2) is 31.8 Å². The Bertz CT molecular complexity index is 1520. The van der Waals surface area contributed by atoms with E-state index >= 15 is 0 Å². The summed E-state index contributed by atoms with van der Waals surface area (Å²) in [6.45, 7) is 5.23. The van der Waals surface area contributed by atoms with E-state index < -0.39 is 0 Å². The summed E-state index contributed by atoms with van der Waals surface area (Å²) in [5.41, 5.74) is 6.00. The monoisotopic (exact) mass is 501 g/mol. The van der Waals surface area contributed by atoms with E-state index in [4.69, 9.17) is 0 Å². The smallest absolute Gasteiger partial charge is 0.229 e. The minimum absolute atomic E-state index is 0.0465. The van der Waals surface area contributed by atoms with Crippen molar-refractivity contribution >= 4 is 22.6 Å². The summed E-state index contributed by atoms with van der Waals surface area (Å²) in [4.78, 5) is 28.6. The lowest BCUT2D eigenvalue weighted by atomic mass is 10.0. The van der Waals surface area contributed by atoms with Crippen molar-refractivity contribution in [3.63, 3.8) is 0 Å². The third-order valence-corrected chi connectivity index (χ3v) is 6.32. The van der Waals surface area contributed by atoms with Gasteiger partial charge in [-0.3, -0.25) is 9.78 Å². The molecule has 0 aliphatic heterocycles. The Morgan fingerprint density at radius 2 is 1.55 bits per heavy atom. The van der Waals surface area contributed by atoms with E-state index in [1.165, 1.54) is 0 Å². The third-order valence-electron chi connectivity index (χ3n) is 6.32. The number of anilines is 1. The van der Waals surface area contributed by atoms with E-state index in [1.54, 1.807) is 12.5 Å². The zero-order valence-corrected chi connectivity index (χ0v) is 21.7. The van der Waals surface area contributed by atoms with Gasteiger partial charge in [-0.2, -0.15) is 0 Å². The molecule has 38 heavy (non-hydrogen) atoms. The van der Waals surface area contributed by atoms with Gasteiger partial charge in [0.1, 0.15) is 12.1 Å². The summed E-state index contributed by atoms with van der Waals surface area (Å²) in [5, 5.41) is 4.41. The predicted molar refractivity (Wildman–Crippen MR) is 152 cm³/mol. The van der Waals surface area contributed by atoms with Gasteiger partial charge in [0.25, 0.3) is 0 Å². The van der Waals surface area contributed by atoms with Crippen molar-refractivity contribution in [2.24, 2.45) is 0 Å². The number of amides is 1. The number of aromatic nitrogens is 3. The van der Waals surface area contributed by atoms with Crippen LogP contribution in [0.4, 0.5) is 5.82 Å². The highest BCUT2D eigenvalue weighted by Gasteiger charge is 2.16. The fourth-order valence-electron chi connectivity index (χ4n) is 4.50. The number of carbonyl (C=O) groups excluding carboxylic acids is 1. The second kappa shape index (κ2) is 11.6. The standard InChI is InChI=1S/C32H31N5O/c1-23(2)36-32-29-18-27(14-15-30(29)34-22-35-32)26-12-8-11-25(17-26)21-37(20-24-9-4-3-5-10-24)31(38)19-28-13-6-7-16-33-28/h3-18,22-23H,19-21H2,1-2H3,(H,34,35,36). The second-order valence-corrected chi connectivity index (χ2v) is 9.69. The summed E-state index contributed by atoms with van der Waals surface area (Å²) in [6.07, 6.45) is 3.59. The van der Waals surface area contributed by atoms with Gasteiger partial charge in [-0.05, 0) is 66.4 Å². The van der Waals surface area contributed by atoms with Crippen molar-refractivity contribution in [2.45, 2.75) is 39.4 Å². The highest BCUT2D eigenvalue weighted by molar-refractivity contribution is 5.92. The van der Waals surface area contributed by atoms with Crippen LogP contribution in [0.2, 0.25) is 0 Å². The van der Waals surface area contributed by atoms with E-state index in [0.717, 1.165) is 44.7 Å². The van der Waals surface area contributed by atoms with Crippen LogP contribution in [0.25, 0.3) is 22.0 Å². The number of pyridine rings is 1. The van der Waals surface area contributed by atoms with E-state index in [1.807, 2.05) is 53.4 Å². The van der Waals surface area contributed by atoms with E-state index in [2.05, 4.69) is 76.6 Å². The first-order valence-electron chi connectivity index (χ1n) is 12.9. The molecule has 3 aromatic carbocycles. The topological polar surface area (TPSA) is 71.0 Å². The van der Waals surface area contributed by atoms with Gasteiger partial charge in [0.2, 0.25) is 5.91 Å². The Balaban J connectivity index is 1.43. The molecule has 190 valence electrons. The number of hydrogen-bond donors (Lipinski definition) is 1. The molecular formula is C32H31N5O. The summed E-state index contributed by atoms with van der Waals surface area (Å²) in [7, 11) is 0. The lowest BCUT2D eigenvalue weighted by Crippen LogP contribution is -2.31. The number of nitrogens with one attached hydrogen (secondary N) is 1. The number of fused-ring (bicyclic) bond motifs is 1. The molecule has 5 aromatic rings. The lowest BCUT2D eigenvalue weighted by Gasteiger charge is -2.23.